The van der Waals surface area contributed by atoms with Gasteiger partial charge in [0.1, 0.15) is 18.9 Å². The second kappa shape index (κ2) is 23.2. The van der Waals surface area contributed by atoms with E-state index >= 15 is 0 Å². The monoisotopic (exact) mass is 506 g/mol. The molecule has 0 heterocycles. The van der Waals surface area contributed by atoms with E-state index in [0.717, 1.165) is 30.6 Å². The third kappa shape index (κ3) is 23.5. The summed E-state index contributed by atoms with van der Waals surface area (Å²) in [4.78, 5) is 23.2. The van der Waals surface area contributed by atoms with Crippen molar-refractivity contribution in [2.45, 2.75) is 129 Å². The smallest absolute Gasteiger partial charge is 0.338 e. The van der Waals surface area contributed by atoms with E-state index in [9.17, 15) is 14.3 Å². The molecule has 204 valence electrons. The second-order valence-corrected chi connectivity index (χ2v) is 11.8. The number of quaternary nitrogens is 1. The number of hydrogen-bond donors (Lipinski definition) is 2. The number of Topliss-reactive ketones (excluding diaryl/α,β-unsaturated/α-hetero) is 1. The van der Waals surface area contributed by atoms with Crippen LogP contribution < -0.4 is 4.90 Å². The molecule has 0 aromatic rings. The molecule has 0 bridgehead atoms. The number of phosphoric acid groups is 1. The minimum absolute atomic E-state index is 0.0140. The van der Waals surface area contributed by atoms with Gasteiger partial charge in [0.15, 0.2) is 0 Å². The lowest BCUT2D eigenvalue weighted by atomic mass is 9.94. The van der Waals surface area contributed by atoms with Crippen molar-refractivity contribution in [3.8, 4) is 0 Å². The maximum absolute atomic E-state index is 12.2. The van der Waals surface area contributed by atoms with Gasteiger partial charge in [0, 0.05) is 12.8 Å². The number of unbranched alkanes of at least 4 members (excludes halogenated alkanes) is 13. The molecule has 0 aromatic carbocycles. The van der Waals surface area contributed by atoms with E-state index in [-0.39, 0.29) is 24.9 Å². The van der Waals surface area contributed by atoms with Gasteiger partial charge in [-0.15, -0.1) is 0 Å². The van der Waals surface area contributed by atoms with Crippen LogP contribution in [0.1, 0.15) is 129 Å². The standard InChI is InChI=1S/C27H56NO5P/c1-5-7-8-9-10-11-12-13-14-15-16-17-18-19-21-26(24-27(29)20-6-2)25-33-34(30,31)32-23-22-28(3)4/h26H,5-25H2,1-4H3,(H,30,31)/p+1. The van der Waals surface area contributed by atoms with Crippen LogP contribution in [0.4, 0.5) is 0 Å². The summed E-state index contributed by atoms with van der Waals surface area (Å²) in [6.45, 7) is 5.18. The third-order valence-corrected chi connectivity index (χ3v) is 7.33. The van der Waals surface area contributed by atoms with Gasteiger partial charge in [-0.05, 0) is 18.8 Å². The Morgan fingerprint density at radius 2 is 1.29 bits per heavy atom. The number of hydrogen-bond acceptors (Lipinski definition) is 4. The largest absolute Gasteiger partial charge is 0.472 e. The fourth-order valence-electron chi connectivity index (χ4n) is 4.18. The number of likely N-dealkylation sites (N-methyl/N-ethyl adjacent to an activating group) is 1. The quantitative estimate of drug-likeness (QED) is 0.103. The molecule has 0 aliphatic rings. The molecule has 0 aromatic heterocycles. The Hall–Kier alpha value is -0.260. The molecule has 7 heteroatoms. The Balaban J connectivity index is 3.98. The van der Waals surface area contributed by atoms with Gasteiger partial charge in [-0.1, -0.05) is 104 Å². The molecule has 0 saturated carbocycles. The molecule has 0 fully saturated rings. The van der Waals surface area contributed by atoms with Crippen LogP contribution in [0.5, 0.6) is 0 Å². The lowest BCUT2D eigenvalue weighted by Gasteiger charge is -2.19. The summed E-state index contributed by atoms with van der Waals surface area (Å²) >= 11 is 0. The lowest BCUT2D eigenvalue weighted by Crippen LogP contribution is -3.06. The van der Waals surface area contributed by atoms with Crippen LogP contribution in [0, 0.1) is 5.92 Å². The summed E-state index contributed by atoms with van der Waals surface area (Å²) in [5, 5.41) is 0. The Morgan fingerprint density at radius 1 is 0.794 bits per heavy atom. The Bertz CT molecular complexity index is 515. The fraction of sp³-hybridized carbons (Fsp3) is 0.963. The molecule has 0 spiro atoms. The van der Waals surface area contributed by atoms with Gasteiger partial charge >= 0.3 is 7.82 Å². The van der Waals surface area contributed by atoms with Crippen LogP contribution >= 0.6 is 7.82 Å². The predicted octanol–water partition coefficient (Wildman–Crippen LogP) is 6.51. The number of rotatable bonds is 26. The Kier molecular flexibility index (Phi) is 23.0. The number of phosphoric ester groups is 1. The first kappa shape index (κ1) is 33.7. The molecule has 0 rings (SSSR count). The van der Waals surface area contributed by atoms with Gasteiger partial charge in [0.05, 0.1) is 20.7 Å². The topological polar surface area (TPSA) is 77.3 Å². The number of carbonyl (C=O) groups excluding carboxylic acids is 1. The van der Waals surface area contributed by atoms with E-state index in [1.165, 1.54) is 77.0 Å². The summed E-state index contributed by atoms with van der Waals surface area (Å²) in [5.74, 6) is 0.200. The fourth-order valence-corrected chi connectivity index (χ4v) is 4.97. The molecule has 0 amide bonds. The van der Waals surface area contributed by atoms with Crippen LogP contribution in [0.15, 0.2) is 0 Å². The molecular weight excluding hydrogens is 449 g/mol. The van der Waals surface area contributed by atoms with Gasteiger partial charge in [0.2, 0.25) is 0 Å². The van der Waals surface area contributed by atoms with E-state index in [4.69, 9.17) is 9.05 Å². The van der Waals surface area contributed by atoms with Crippen molar-refractivity contribution in [3.63, 3.8) is 0 Å². The van der Waals surface area contributed by atoms with Crippen molar-refractivity contribution in [2.24, 2.45) is 5.92 Å². The third-order valence-electron chi connectivity index (χ3n) is 6.34. The summed E-state index contributed by atoms with van der Waals surface area (Å²) in [7, 11) is -0.146. The van der Waals surface area contributed by atoms with Crippen molar-refractivity contribution in [3.05, 3.63) is 0 Å². The van der Waals surface area contributed by atoms with Crippen LogP contribution in [-0.4, -0.2) is 44.5 Å². The van der Waals surface area contributed by atoms with E-state index in [0.29, 0.717) is 19.4 Å². The first-order valence-corrected chi connectivity index (χ1v) is 15.7. The minimum Gasteiger partial charge on any atom is -0.338 e. The van der Waals surface area contributed by atoms with E-state index in [1.807, 2.05) is 21.0 Å². The Morgan fingerprint density at radius 3 is 1.76 bits per heavy atom. The zero-order valence-corrected chi connectivity index (χ0v) is 23.8. The van der Waals surface area contributed by atoms with Crippen LogP contribution in [0.3, 0.4) is 0 Å². The van der Waals surface area contributed by atoms with Crippen LogP contribution in [0.2, 0.25) is 0 Å². The maximum atomic E-state index is 12.2. The molecule has 2 N–H and O–H groups in total. The van der Waals surface area contributed by atoms with E-state index in [2.05, 4.69) is 6.92 Å². The second-order valence-electron chi connectivity index (χ2n) is 10.3. The highest BCUT2D eigenvalue weighted by Gasteiger charge is 2.24. The molecule has 0 saturated heterocycles. The van der Waals surface area contributed by atoms with Crippen molar-refractivity contribution in [1.29, 1.82) is 0 Å². The van der Waals surface area contributed by atoms with Crippen molar-refractivity contribution >= 4 is 13.6 Å². The van der Waals surface area contributed by atoms with Crippen molar-refractivity contribution in [2.75, 3.05) is 33.9 Å². The molecule has 6 nitrogen and oxygen atoms in total. The SMILES string of the molecule is CCCCCCCCCCCCCCCCC(COP(=O)(O)OCC[NH+](C)C)CC(=O)CCC. The van der Waals surface area contributed by atoms with Gasteiger partial charge < -0.3 is 9.79 Å². The van der Waals surface area contributed by atoms with Gasteiger partial charge in [-0.2, -0.15) is 0 Å². The summed E-state index contributed by atoms with van der Waals surface area (Å²) in [6.07, 6.45) is 21.1. The van der Waals surface area contributed by atoms with E-state index < -0.39 is 7.82 Å². The summed E-state index contributed by atoms with van der Waals surface area (Å²) < 4.78 is 22.4. The number of carbonyl (C=O) groups is 1. The highest BCUT2D eigenvalue weighted by Crippen LogP contribution is 2.43. The summed E-state index contributed by atoms with van der Waals surface area (Å²) in [5.41, 5.74) is 0. The van der Waals surface area contributed by atoms with Gasteiger partial charge in [-0.3, -0.25) is 13.8 Å². The highest BCUT2D eigenvalue weighted by molar-refractivity contribution is 7.47. The normalized spacial score (nSPS) is 14.4. The average molecular weight is 507 g/mol. The maximum Gasteiger partial charge on any atom is 0.472 e. The minimum atomic E-state index is -4.06. The van der Waals surface area contributed by atoms with Crippen molar-refractivity contribution < 1.29 is 28.2 Å². The number of nitrogens with one attached hydrogen (secondary N) is 1. The first-order chi connectivity index (χ1) is 16.3. The molecule has 0 aliphatic heterocycles. The average Bonchev–Trinajstić information content (AvgIpc) is 2.77. The van der Waals surface area contributed by atoms with Crippen molar-refractivity contribution in [1.82, 2.24) is 0 Å². The van der Waals surface area contributed by atoms with Crippen LogP contribution in [0.25, 0.3) is 0 Å². The Labute approximate surface area is 211 Å². The molecular formula is C27H57NO5P+. The zero-order chi connectivity index (χ0) is 25.5. The predicted molar refractivity (Wildman–Crippen MR) is 142 cm³/mol. The highest BCUT2D eigenvalue weighted by atomic mass is 31.2. The first-order valence-electron chi connectivity index (χ1n) is 14.2. The molecule has 0 aliphatic carbocycles. The zero-order valence-electron chi connectivity index (χ0n) is 23.0. The molecule has 2 unspecified atom stereocenters. The lowest BCUT2D eigenvalue weighted by molar-refractivity contribution is -0.858. The van der Waals surface area contributed by atoms with E-state index in [1.54, 1.807) is 0 Å². The summed E-state index contributed by atoms with van der Waals surface area (Å²) in [6, 6.07) is 0. The number of ketones is 1. The van der Waals surface area contributed by atoms with Crippen LogP contribution in [-0.2, 0) is 18.4 Å². The van der Waals surface area contributed by atoms with Gasteiger partial charge in [0.25, 0.3) is 0 Å². The molecule has 2 atom stereocenters. The van der Waals surface area contributed by atoms with Gasteiger partial charge in [-0.25, -0.2) is 4.57 Å². The molecule has 0 radical (unpaired) electrons. The molecule has 34 heavy (non-hydrogen) atoms.